The van der Waals surface area contributed by atoms with Crippen LogP contribution < -0.4 is 0 Å². The Hall–Kier alpha value is -0.900. The van der Waals surface area contributed by atoms with Gasteiger partial charge in [0.1, 0.15) is 5.78 Å². The number of hydrogen-bond donors (Lipinski definition) is 0. The molecule has 0 aromatic rings. The Morgan fingerprint density at radius 2 is 2.12 bits per heavy atom. The summed E-state index contributed by atoms with van der Waals surface area (Å²) in [6, 6.07) is 0. The van der Waals surface area contributed by atoms with Crippen LogP contribution in [0, 0.1) is 5.92 Å². The first-order valence-corrected chi connectivity index (χ1v) is 6.33. The number of rotatable bonds is 6. The Morgan fingerprint density at radius 1 is 1.41 bits per heavy atom. The third-order valence-corrected chi connectivity index (χ3v) is 3.26. The number of esters is 1. The van der Waals surface area contributed by atoms with Crippen LogP contribution in [0.2, 0.25) is 0 Å². The maximum Gasteiger partial charge on any atom is 0.311 e. The van der Waals surface area contributed by atoms with E-state index in [0.29, 0.717) is 12.8 Å². The van der Waals surface area contributed by atoms with Crippen LogP contribution in [0.15, 0.2) is 0 Å². The standard InChI is InChI=1S/C13H22O4/c1-4-5-10(14)8-11-6-7-12(17-11)9(2)13(15)16-3/h9,11-12H,4-8H2,1-3H3/t9-,11-,12+/m0/s1. The predicted octanol–water partition coefficient (Wildman–Crippen LogP) is 2.10. The Morgan fingerprint density at radius 3 is 2.71 bits per heavy atom. The zero-order chi connectivity index (χ0) is 12.8. The average molecular weight is 242 g/mol. The Balaban J connectivity index is 2.37. The van der Waals surface area contributed by atoms with Gasteiger partial charge >= 0.3 is 5.97 Å². The zero-order valence-electron chi connectivity index (χ0n) is 10.9. The molecule has 1 fully saturated rings. The lowest BCUT2D eigenvalue weighted by atomic mass is 10.0. The van der Waals surface area contributed by atoms with Crippen LogP contribution in [0.4, 0.5) is 0 Å². The van der Waals surface area contributed by atoms with E-state index < -0.39 is 0 Å². The second-order valence-corrected chi connectivity index (χ2v) is 4.68. The van der Waals surface area contributed by atoms with E-state index in [9.17, 15) is 9.59 Å². The molecule has 0 amide bonds. The van der Waals surface area contributed by atoms with Gasteiger partial charge in [-0.3, -0.25) is 9.59 Å². The van der Waals surface area contributed by atoms with Gasteiger partial charge in [0.15, 0.2) is 0 Å². The van der Waals surface area contributed by atoms with Gasteiger partial charge in [-0.1, -0.05) is 6.92 Å². The lowest BCUT2D eigenvalue weighted by Crippen LogP contribution is -2.27. The van der Waals surface area contributed by atoms with E-state index in [2.05, 4.69) is 0 Å². The quantitative estimate of drug-likeness (QED) is 0.669. The van der Waals surface area contributed by atoms with Gasteiger partial charge in [-0.25, -0.2) is 0 Å². The maximum atomic E-state index is 11.5. The second-order valence-electron chi connectivity index (χ2n) is 4.68. The normalized spacial score (nSPS) is 25.6. The lowest BCUT2D eigenvalue weighted by molar-refractivity contribution is -0.149. The van der Waals surface area contributed by atoms with E-state index in [1.165, 1.54) is 7.11 Å². The Kier molecular flexibility index (Phi) is 5.62. The van der Waals surface area contributed by atoms with Gasteiger partial charge in [-0.2, -0.15) is 0 Å². The molecule has 0 unspecified atom stereocenters. The molecule has 4 heteroatoms. The van der Waals surface area contributed by atoms with Crippen molar-refractivity contribution >= 4 is 11.8 Å². The van der Waals surface area contributed by atoms with Crippen LogP contribution in [0.25, 0.3) is 0 Å². The summed E-state index contributed by atoms with van der Waals surface area (Å²) in [6.07, 6.45) is 3.58. The zero-order valence-corrected chi connectivity index (χ0v) is 10.9. The molecule has 0 spiro atoms. The first kappa shape index (κ1) is 14.2. The van der Waals surface area contributed by atoms with Crippen molar-refractivity contribution in [3.05, 3.63) is 0 Å². The highest BCUT2D eigenvalue weighted by Crippen LogP contribution is 2.28. The van der Waals surface area contributed by atoms with Gasteiger partial charge in [0.05, 0.1) is 25.2 Å². The van der Waals surface area contributed by atoms with Crippen molar-refractivity contribution in [3.63, 3.8) is 0 Å². The molecule has 0 aliphatic carbocycles. The molecule has 0 radical (unpaired) electrons. The first-order chi connectivity index (χ1) is 8.08. The highest BCUT2D eigenvalue weighted by Gasteiger charge is 2.34. The minimum absolute atomic E-state index is 0.00819. The van der Waals surface area contributed by atoms with Crippen molar-refractivity contribution in [2.75, 3.05) is 7.11 Å². The number of methoxy groups -OCH3 is 1. The molecule has 1 saturated heterocycles. The second kappa shape index (κ2) is 6.74. The molecule has 4 nitrogen and oxygen atoms in total. The summed E-state index contributed by atoms with van der Waals surface area (Å²) in [5.41, 5.74) is 0. The van der Waals surface area contributed by atoms with E-state index in [-0.39, 0.29) is 29.9 Å². The van der Waals surface area contributed by atoms with Crippen LogP contribution in [-0.2, 0) is 19.1 Å². The maximum absolute atomic E-state index is 11.5. The molecule has 0 bridgehead atoms. The number of Topliss-reactive ketones (excluding diaryl/α,β-unsaturated/α-hetero) is 1. The molecule has 3 atom stereocenters. The molecule has 0 saturated carbocycles. The van der Waals surface area contributed by atoms with Gasteiger partial charge in [-0.05, 0) is 26.2 Å². The summed E-state index contributed by atoms with van der Waals surface area (Å²) in [5.74, 6) is -0.231. The largest absolute Gasteiger partial charge is 0.469 e. The number of carbonyl (C=O) groups is 2. The summed E-state index contributed by atoms with van der Waals surface area (Å²) in [7, 11) is 1.38. The van der Waals surface area contributed by atoms with Crippen molar-refractivity contribution in [1.29, 1.82) is 0 Å². The van der Waals surface area contributed by atoms with Crippen LogP contribution in [0.1, 0.15) is 46.0 Å². The molecule has 1 heterocycles. The highest BCUT2D eigenvalue weighted by molar-refractivity contribution is 5.78. The Bertz CT molecular complexity index is 275. The first-order valence-electron chi connectivity index (χ1n) is 6.33. The third kappa shape index (κ3) is 4.11. The summed E-state index contributed by atoms with van der Waals surface area (Å²) >= 11 is 0. The van der Waals surface area contributed by atoms with E-state index in [4.69, 9.17) is 9.47 Å². The summed E-state index contributed by atoms with van der Waals surface area (Å²) in [5, 5.41) is 0. The van der Waals surface area contributed by atoms with Crippen molar-refractivity contribution in [1.82, 2.24) is 0 Å². The van der Waals surface area contributed by atoms with Gasteiger partial charge in [0.25, 0.3) is 0 Å². The summed E-state index contributed by atoms with van der Waals surface area (Å²) < 4.78 is 10.4. The minimum Gasteiger partial charge on any atom is -0.469 e. The highest BCUT2D eigenvalue weighted by atomic mass is 16.5. The molecule has 0 aromatic carbocycles. The van der Waals surface area contributed by atoms with Crippen LogP contribution in [0.5, 0.6) is 0 Å². The smallest absolute Gasteiger partial charge is 0.311 e. The molecule has 1 aliphatic rings. The molecule has 98 valence electrons. The van der Waals surface area contributed by atoms with Crippen molar-refractivity contribution in [3.8, 4) is 0 Å². The van der Waals surface area contributed by atoms with Gasteiger partial charge in [0, 0.05) is 12.8 Å². The average Bonchev–Trinajstić information content (AvgIpc) is 2.75. The molecule has 0 N–H and O–H groups in total. The van der Waals surface area contributed by atoms with Gasteiger partial charge in [-0.15, -0.1) is 0 Å². The fraction of sp³-hybridized carbons (Fsp3) is 0.846. The minimum atomic E-state index is -0.244. The lowest BCUT2D eigenvalue weighted by Gasteiger charge is -2.18. The molecular formula is C13H22O4. The van der Waals surface area contributed by atoms with Crippen molar-refractivity contribution in [2.45, 2.75) is 58.2 Å². The monoisotopic (exact) mass is 242 g/mol. The van der Waals surface area contributed by atoms with Crippen LogP contribution >= 0.6 is 0 Å². The molecule has 1 rings (SSSR count). The van der Waals surface area contributed by atoms with Gasteiger partial charge in [0.2, 0.25) is 0 Å². The summed E-state index contributed by atoms with van der Waals surface area (Å²) in [6.45, 7) is 3.81. The molecule has 1 aliphatic heterocycles. The van der Waals surface area contributed by atoms with Crippen LogP contribution in [-0.4, -0.2) is 31.1 Å². The Labute approximate surface area is 103 Å². The fourth-order valence-electron chi connectivity index (χ4n) is 2.22. The fourth-order valence-corrected chi connectivity index (χ4v) is 2.22. The number of carbonyl (C=O) groups excluding carboxylic acids is 2. The SMILES string of the molecule is CCCC(=O)C[C@@H]1CC[C@H]([C@H](C)C(=O)OC)O1. The van der Waals surface area contributed by atoms with E-state index >= 15 is 0 Å². The summed E-state index contributed by atoms with van der Waals surface area (Å²) in [4.78, 5) is 22.9. The molecular weight excluding hydrogens is 220 g/mol. The van der Waals surface area contributed by atoms with E-state index in [1.807, 2.05) is 13.8 Å². The van der Waals surface area contributed by atoms with Gasteiger partial charge < -0.3 is 9.47 Å². The molecule has 17 heavy (non-hydrogen) atoms. The van der Waals surface area contributed by atoms with E-state index in [1.54, 1.807) is 0 Å². The van der Waals surface area contributed by atoms with Crippen molar-refractivity contribution < 1.29 is 19.1 Å². The van der Waals surface area contributed by atoms with Crippen molar-refractivity contribution in [2.24, 2.45) is 5.92 Å². The third-order valence-electron chi connectivity index (χ3n) is 3.26. The number of ether oxygens (including phenoxy) is 2. The number of hydrogen-bond acceptors (Lipinski definition) is 4. The van der Waals surface area contributed by atoms with Crippen LogP contribution in [0.3, 0.4) is 0 Å². The predicted molar refractivity (Wildman–Crippen MR) is 63.6 cm³/mol. The van der Waals surface area contributed by atoms with E-state index in [0.717, 1.165) is 19.3 Å². The topological polar surface area (TPSA) is 52.6 Å². The number of ketones is 1. The molecule has 0 aromatic heterocycles.